The number of pyridine rings is 1. The van der Waals surface area contributed by atoms with Crippen LogP contribution in [0.4, 0.5) is 0 Å². The van der Waals surface area contributed by atoms with Crippen molar-refractivity contribution < 1.29 is 26.2 Å². The summed E-state index contributed by atoms with van der Waals surface area (Å²) in [6.45, 7) is 15.3. The summed E-state index contributed by atoms with van der Waals surface area (Å²) in [5.41, 5.74) is 18.0. The molecule has 0 aliphatic carbocycles. The molecule has 0 saturated heterocycles. The van der Waals surface area contributed by atoms with Gasteiger partial charge in [0.15, 0.2) is 0 Å². The third kappa shape index (κ3) is 8.83. The van der Waals surface area contributed by atoms with Gasteiger partial charge in [0.25, 0.3) is 0 Å². The van der Waals surface area contributed by atoms with Crippen LogP contribution in [0.5, 0.6) is 5.75 Å². The Morgan fingerprint density at radius 3 is 2.00 bits per heavy atom. The fraction of sp³-hybridized carbons (Fsp3) is 0.172. The van der Waals surface area contributed by atoms with Crippen LogP contribution in [-0.2, 0) is 32.9 Å². The van der Waals surface area contributed by atoms with E-state index in [0.717, 1.165) is 90.0 Å². The standard InChI is InChI=1S/C58H52N3O.Pt/c1-37(2)29-40-23-26-53(50(31-40)43-17-12-9-13-18-43)61-54-20-14-19-49(55(54)60-57(61)51-36-48(58(5,6)7)30-39(4)56(51)62)46-32-45(41-15-10-8-11-16-41)33-47(34-46)52-35-44(27-28-59-52)42-24-21-38(3)22-25-42;/h8-28,30-33,35-37,62H,29H2,1-7H3;/q-1;. The number of imidazole rings is 1. The van der Waals surface area contributed by atoms with Crippen molar-refractivity contribution in [2.24, 2.45) is 5.92 Å². The topological polar surface area (TPSA) is 50.9 Å². The molecule has 0 bridgehead atoms. The molecule has 0 saturated carbocycles. The number of phenolic OH excluding ortho intramolecular Hbond substituents is 1. The Morgan fingerprint density at radius 1 is 0.619 bits per heavy atom. The average Bonchev–Trinajstić information content (AvgIpc) is 3.67. The Morgan fingerprint density at radius 2 is 1.30 bits per heavy atom. The van der Waals surface area contributed by atoms with Crippen LogP contribution in [0.3, 0.4) is 0 Å². The minimum Gasteiger partial charge on any atom is -0.507 e. The smallest absolute Gasteiger partial charge is 0.148 e. The molecule has 0 aliphatic rings. The second kappa shape index (κ2) is 17.8. The Hall–Kier alpha value is -6.35. The molecule has 1 N–H and O–H groups in total. The third-order valence-electron chi connectivity index (χ3n) is 11.8. The van der Waals surface area contributed by atoms with Crippen molar-refractivity contribution in [3.8, 4) is 78.6 Å². The van der Waals surface area contributed by atoms with E-state index in [1.165, 1.54) is 11.1 Å². The number of benzene rings is 7. The first-order valence-corrected chi connectivity index (χ1v) is 21.6. The molecule has 0 atom stereocenters. The minimum atomic E-state index is -0.156. The summed E-state index contributed by atoms with van der Waals surface area (Å²) in [5.74, 6) is 1.41. The minimum absolute atomic E-state index is 0. The molecule has 0 spiro atoms. The summed E-state index contributed by atoms with van der Waals surface area (Å²) in [7, 11) is 0. The van der Waals surface area contributed by atoms with Crippen LogP contribution < -0.4 is 0 Å². The van der Waals surface area contributed by atoms with Crippen LogP contribution >= 0.6 is 0 Å². The number of hydrogen-bond acceptors (Lipinski definition) is 3. The first-order chi connectivity index (χ1) is 29.9. The van der Waals surface area contributed by atoms with Crippen LogP contribution in [0.2, 0.25) is 0 Å². The number of nitrogens with zero attached hydrogens (tertiary/aromatic N) is 3. The van der Waals surface area contributed by atoms with Crippen LogP contribution in [0, 0.1) is 25.8 Å². The van der Waals surface area contributed by atoms with Gasteiger partial charge in [0.2, 0.25) is 0 Å². The molecular formula is C58H52N3OPt-. The van der Waals surface area contributed by atoms with Gasteiger partial charge in [0, 0.05) is 38.5 Å². The molecule has 4 nitrogen and oxygen atoms in total. The van der Waals surface area contributed by atoms with E-state index in [1.54, 1.807) is 0 Å². The van der Waals surface area contributed by atoms with E-state index in [9.17, 15) is 5.11 Å². The molecule has 7 aromatic carbocycles. The van der Waals surface area contributed by atoms with E-state index in [2.05, 4.69) is 204 Å². The van der Waals surface area contributed by atoms with E-state index in [4.69, 9.17) is 9.97 Å². The van der Waals surface area contributed by atoms with Crippen molar-refractivity contribution in [1.29, 1.82) is 0 Å². The summed E-state index contributed by atoms with van der Waals surface area (Å²) >= 11 is 0. The quantitative estimate of drug-likeness (QED) is 0.147. The molecule has 2 heterocycles. The van der Waals surface area contributed by atoms with Crippen molar-refractivity contribution in [1.82, 2.24) is 14.5 Å². The first kappa shape index (κ1) is 43.3. The summed E-state index contributed by atoms with van der Waals surface area (Å²) in [6.07, 6.45) is 2.85. The number of para-hydroxylation sites is 1. The molecule has 2 aromatic heterocycles. The van der Waals surface area contributed by atoms with E-state index >= 15 is 0 Å². The first-order valence-electron chi connectivity index (χ1n) is 21.6. The summed E-state index contributed by atoms with van der Waals surface area (Å²) in [4.78, 5) is 10.5. The van der Waals surface area contributed by atoms with Crippen molar-refractivity contribution in [2.45, 2.75) is 60.3 Å². The SMILES string of the molecule is Cc1ccc(-c2ccnc(-c3[c-]c(-c4cccc5c4nc(-c4cc(C(C)(C)C)cc(C)c4O)n5-c4ccc(CC(C)C)cc4-c4ccccc4)cc(-c4ccccc4)c3)c2)cc1.[Pt]. The second-order valence-electron chi connectivity index (χ2n) is 18.1. The second-order valence-corrected chi connectivity index (χ2v) is 18.1. The summed E-state index contributed by atoms with van der Waals surface area (Å²) < 4.78 is 2.26. The summed E-state index contributed by atoms with van der Waals surface area (Å²) in [5, 5.41) is 12.0. The molecule has 0 aliphatic heterocycles. The molecule has 63 heavy (non-hydrogen) atoms. The zero-order valence-electron chi connectivity index (χ0n) is 37.0. The largest absolute Gasteiger partial charge is 0.507 e. The fourth-order valence-corrected chi connectivity index (χ4v) is 8.50. The Labute approximate surface area is 386 Å². The number of rotatable bonds is 9. The third-order valence-corrected chi connectivity index (χ3v) is 11.8. The van der Waals surface area contributed by atoms with Gasteiger partial charge in [-0.25, -0.2) is 4.98 Å². The monoisotopic (exact) mass is 1000 g/mol. The Kier molecular flexibility index (Phi) is 12.2. The van der Waals surface area contributed by atoms with E-state index in [0.29, 0.717) is 17.3 Å². The average molecular weight is 1000 g/mol. The number of aryl methyl sites for hydroxylation is 2. The van der Waals surface area contributed by atoms with E-state index in [1.807, 2.05) is 19.2 Å². The van der Waals surface area contributed by atoms with Gasteiger partial charge < -0.3 is 5.11 Å². The maximum Gasteiger partial charge on any atom is 0.148 e. The summed E-state index contributed by atoms with van der Waals surface area (Å²) in [6, 6.07) is 59.6. The normalized spacial score (nSPS) is 11.6. The number of aromatic hydroxyl groups is 1. The zero-order valence-corrected chi connectivity index (χ0v) is 39.3. The van der Waals surface area contributed by atoms with Crippen molar-refractivity contribution in [2.75, 3.05) is 0 Å². The molecule has 0 radical (unpaired) electrons. The van der Waals surface area contributed by atoms with Crippen molar-refractivity contribution >= 4 is 11.0 Å². The number of hydrogen-bond donors (Lipinski definition) is 1. The van der Waals surface area contributed by atoms with Gasteiger partial charge in [-0.1, -0.05) is 172 Å². The fourth-order valence-electron chi connectivity index (χ4n) is 8.50. The van der Waals surface area contributed by atoms with Gasteiger partial charge >= 0.3 is 0 Å². The van der Waals surface area contributed by atoms with Crippen molar-refractivity contribution in [3.05, 3.63) is 192 Å². The molecule has 316 valence electrons. The van der Waals surface area contributed by atoms with Gasteiger partial charge in [-0.3, -0.25) is 9.55 Å². The predicted octanol–water partition coefficient (Wildman–Crippen LogP) is 15.0. The Balaban J connectivity index is 0.00000544. The molecular weight excluding hydrogens is 950 g/mol. The van der Waals surface area contributed by atoms with Crippen LogP contribution in [0.15, 0.2) is 164 Å². The number of aromatic nitrogens is 3. The van der Waals surface area contributed by atoms with Gasteiger partial charge in [0.05, 0.1) is 22.3 Å². The van der Waals surface area contributed by atoms with Gasteiger partial charge in [0.1, 0.15) is 11.6 Å². The van der Waals surface area contributed by atoms with E-state index < -0.39 is 0 Å². The molecule has 0 unspecified atom stereocenters. The molecule has 9 aromatic rings. The number of phenols is 1. The maximum absolute atomic E-state index is 12.0. The van der Waals surface area contributed by atoms with Crippen LogP contribution in [0.25, 0.3) is 83.9 Å². The molecule has 0 fully saturated rings. The van der Waals surface area contributed by atoms with Gasteiger partial charge in [-0.2, -0.15) is 0 Å². The van der Waals surface area contributed by atoms with Gasteiger partial charge in [-0.15, -0.1) is 23.8 Å². The van der Waals surface area contributed by atoms with Crippen LogP contribution in [-0.4, -0.2) is 19.6 Å². The predicted molar refractivity (Wildman–Crippen MR) is 259 cm³/mol. The number of fused-ring (bicyclic) bond motifs is 1. The van der Waals surface area contributed by atoms with Gasteiger partial charge in [-0.05, 0) is 101 Å². The Bertz CT molecular complexity index is 3070. The maximum atomic E-state index is 12.0. The van der Waals surface area contributed by atoms with Crippen LogP contribution in [0.1, 0.15) is 56.9 Å². The van der Waals surface area contributed by atoms with E-state index in [-0.39, 0.29) is 32.2 Å². The zero-order chi connectivity index (χ0) is 43.1. The molecule has 0 amide bonds. The molecule has 5 heteroatoms. The molecule has 9 rings (SSSR count). The van der Waals surface area contributed by atoms with Crippen molar-refractivity contribution in [3.63, 3.8) is 0 Å².